The molecule has 34 nitrogen and oxygen atoms in total. The molecule has 0 spiro atoms. The highest BCUT2D eigenvalue weighted by Crippen LogP contribution is 2.51. The van der Waals surface area contributed by atoms with Gasteiger partial charge in [0.15, 0.2) is 110 Å². The fourth-order valence-corrected chi connectivity index (χ4v) is 12.0. The molecule has 26 N–H and O–H groups in total. The van der Waals surface area contributed by atoms with Gasteiger partial charge in [-0.1, -0.05) is 12.1 Å². The van der Waals surface area contributed by atoms with Crippen LogP contribution in [0.1, 0.15) is 89.6 Å². The maximum atomic E-state index is 12.7. The van der Waals surface area contributed by atoms with E-state index in [0.717, 1.165) is 66.7 Å². The lowest BCUT2D eigenvalue weighted by molar-refractivity contribution is -0.0192. The number of benzene rings is 10. The Balaban J connectivity index is 0.000000146. The number of carbonyl (C=O) groups is 2. The molecule has 4 aliphatic rings. The van der Waals surface area contributed by atoms with E-state index in [0.29, 0.717) is 22.3 Å². The first-order valence-electron chi connectivity index (χ1n) is 31.7. The minimum Gasteiger partial charge on any atom is -0.508 e. The first kappa shape index (κ1) is 74.6. The lowest BCUT2D eigenvalue weighted by Crippen LogP contribution is -2.34. The van der Waals surface area contributed by atoms with Crippen LogP contribution in [0, 0.1) is 0 Å². The van der Waals surface area contributed by atoms with E-state index in [-0.39, 0.29) is 145 Å². The Labute approximate surface area is 605 Å². The number of rotatable bonds is 8. The molecular weight excluding hydrogens is 1430 g/mol. The average molecular weight is 1500 g/mol. The van der Waals surface area contributed by atoms with Crippen LogP contribution in [0.2, 0.25) is 0 Å². The van der Waals surface area contributed by atoms with Gasteiger partial charge in [-0.05, 0) is 78.4 Å². The standard InChI is InChI=1S/C22H18O11.C22H18O10.C15H14O7.C15H14O6/c23-10-5-12(24)11-7-18(33-22(31)9-3-15(27)20(30)16(28)4-9)21(32-17(11)6-10)8-1-13(25)19(29)14(26)2-8;23-11-6-14(25)12-8-19(32-22(30)10-4-16(27)20(29)17(28)5-10)21(31-18(12)7-11)9-1-2-13(24)15(26)3-9;16-7-3-9(17)8-5-12(20)15(22-13(8)4-7)6-1-10(18)14(21)11(19)2-6;16-8-4-11(18)9-6-13(20)15(21-14(9)5-8)7-1-2-10(17)12(19)3-7/h1-6,18,21,23-30H,7H2;1-7,19,21,23-29H,8H2;1-4,12,15-21H,5H2;1-5,13,15-20H,6H2. The molecule has 0 radical (unpaired) electrons. The molecule has 10 aromatic carbocycles. The van der Waals surface area contributed by atoms with Crippen molar-refractivity contribution in [1.29, 1.82) is 0 Å². The van der Waals surface area contributed by atoms with Gasteiger partial charge < -0.3 is 161 Å². The summed E-state index contributed by atoms with van der Waals surface area (Å²) in [6.45, 7) is 0. The van der Waals surface area contributed by atoms with E-state index >= 15 is 0 Å². The van der Waals surface area contributed by atoms with Crippen molar-refractivity contribution in [3.05, 3.63) is 189 Å². The van der Waals surface area contributed by atoms with Crippen molar-refractivity contribution in [3.8, 4) is 161 Å². The number of hydrogen-bond acceptors (Lipinski definition) is 34. The first-order valence-corrected chi connectivity index (χ1v) is 31.7. The summed E-state index contributed by atoms with van der Waals surface area (Å²) in [6.07, 6.45) is -8.10. The van der Waals surface area contributed by atoms with Crippen LogP contribution in [0.4, 0.5) is 0 Å². The smallest absolute Gasteiger partial charge is 0.338 e. The summed E-state index contributed by atoms with van der Waals surface area (Å²) < 4.78 is 33.9. The lowest BCUT2D eigenvalue weighted by Gasteiger charge is -2.34. The first-order chi connectivity index (χ1) is 51.0. The van der Waals surface area contributed by atoms with Gasteiger partial charge in [0.05, 0.1) is 23.3 Å². The molecule has 10 aromatic rings. The summed E-state index contributed by atoms with van der Waals surface area (Å²) in [7, 11) is 0. The molecular formula is C74H64O34. The number of aromatic hydroxyl groups is 24. The van der Waals surface area contributed by atoms with Crippen molar-refractivity contribution >= 4 is 11.9 Å². The average Bonchev–Trinajstić information content (AvgIpc) is 0.781. The highest BCUT2D eigenvalue weighted by Gasteiger charge is 2.41. The van der Waals surface area contributed by atoms with Crippen molar-refractivity contribution in [2.45, 2.75) is 74.5 Å². The molecule has 4 heterocycles. The summed E-state index contributed by atoms with van der Waals surface area (Å²) in [5.74, 6) is -13.0. The largest absolute Gasteiger partial charge is 0.508 e. The minimum atomic E-state index is -1.18. The number of carbonyl (C=O) groups excluding carboxylic acids is 2. The Bertz CT molecular complexity index is 5080. The van der Waals surface area contributed by atoms with Gasteiger partial charge in [0.2, 0.25) is 0 Å². The van der Waals surface area contributed by atoms with Gasteiger partial charge in [-0.15, -0.1) is 0 Å². The molecule has 0 aliphatic carbocycles. The molecule has 0 saturated heterocycles. The zero-order chi connectivity index (χ0) is 78.3. The Morgan fingerprint density at radius 3 is 0.806 bits per heavy atom. The summed E-state index contributed by atoms with van der Waals surface area (Å²) in [6, 6.07) is 25.7. The molecule has 0 bridgehead atoms. The molecule has 108 heavy (non-hydrogen) atoms. The Morgan fingerprint density at radius 2 is 0.500 bits per heavy atom. The number of phenols is 24. The summed E-state index contributed by atoms with van der Waals surface area (Å²) >= 11 is 0. The predicted molar refractivity (Wildman–Crippen MR) is 363 cm³/mol. The van der Waals surface area contributed by atoms with Crippen molar-refractivity contribution < 1.29 is 171 Å². The van der Waals surface area contributed by atoms with Gasteiger partial charge in [-0.3, -0.25) is 0 Å². The molecule has 0 amide bonds. The number of ether oxygens (including phenoxy) is 6. The van der Waals surface area contributed by atoms with E-state index in [1.165, 1.54) is 66.7 Å². The minimum absolute atomic E-state index is 0.0461. The highest BCUT2D eigenvalue weighted by molar-refractivity contribution is 5.92. The fraction of sp³-hybridized carbons (Fsp3) is 0.162. The van der Waals surface area contributed by atoms with Gasteiger partial charge in [0, 0.05) is 113 Å². The van der Waals surface area contributed by atoms with Crippen molar-refractivity contribution in [1.82, 2.24) is 0 Å². The molecule has 34 heteroatoms. The summed E-state index contributed by atoms with van der Waals surface area (Å²) in [5, 5.41) is 253. The van der Waals surface area contributed by atoms with Gasteiger partial charge in [-0.25, -0.2) is 9.59 Å². The molecule has 8 atom stereocenters. The quantitative estimate of drug-likeness (QED) is 0.0515. The van der Waals surface area contributed by atoms with Crippen LogP contribution >= 0.6 is 0 Å². The normalized spacial score (nSPS) is 18.5. The van der Waals surface area contributed by atoms with Crippen molar-refractivity contribution in [2.75, 3.05) is 0 Å². The van der Waals surface area contributed by atoms with E-state index in [1.54, 1.807) is 0 Å². The van der Waals surface area contributed by atoms with Gasteiger partial charge >= 0.3 is 11.9 Å². The number of fused-ring (bicyclic) bond motifs is 4. The second-order valence-electron chi connectivity index (χ2n) is 24.8. The molecule has 0 aromatic heterocycles. The Hall–Kier alpha value is -14.5. The second kappa shape index (κ2) is 29.7. The molecule has 0 fully saturated rings. The van der Waals surface area contributed by atoms with Gasteiger partial charge in [0.25, 0.3) is 0 Å². The van der Waals surface area contributed by atoms with Crippen molar-refractivity contribution in [2.24, 2.45) is 0 Å². The van der Waals surface area contributed by atoms with Crippen LogP contribution in [-0.4, -0.2) is 169 Å². The monoisotopic (exact) mass is 1500 g/mol. The zero-order valence-electron chi connectivity index (χ0n) is 55.0. The third-order valence-corrected chi connectivity index (χ3v) is 17.3. The van der Waals surface area contributed by atoms with Gasteiger partial charge in [0.1, 0.15) is 87.3 Å². The molecule has 14 rings (SSSR count). The number of aliphatic hydroxyl groups excluding tert-OH is 2. The topological polar surface area (TPSA) is 616 Å². The zero-order valence-corrected chi connectivity index (χ0v) is 55.0. The van der Waals surface area contributed by atoms with Crippen LogP contribution in [0.25, 0.3) is 0 Å². The van der Waals surface area contributed by atoms with Crippen LogP contribution in [0.15, 0.2) is 133 Å². The van der Waals surface area contributed by atoms with Crippen LogP contribution < -0.4 is 18.9 Å². The number of aliphatic hydroxyl groups is 2. The third-order valence-electron chi connectivity index (χ3n) is 17.3. The number of esters is 2. The van der Waals surface area contributed by atoms with Gasteiger partial charge in [-0.2, -0.15) is 0 Å². The lowest BCUT2D eigenvalue weighted by atomic mass is 9.93. The number of phenolic OH excluding ortho intramolecular Hbond substituents is 24. The molecule has 8 unspecified atom stereocenters. The Kier molecular flexibility index (Phi) is 20.5. The summed E-state index contributed by atoms with van der Waals surface area (Å²) in [5.41, 5.74) is 1.80. The van der Waals surface area contributed by atoms with Crippen molar-refractivity contribution in [3.63, 3.8) is 0 Å². The SMILES string of the molecule is O=C(OC1Cc2c(O)cc(O)cc2OC1c1cc(O)c(O)c(O)c1)c1cc(O)c(O)c(O)c1.O=C(OC1Cc2c(O)cc(O)cc2OC1c1ccc(O)c(O)c1)c1cc(O)c(O)c(O)c1.Oc1cc(O)c2c(c1)OC(c1cc(O)c(O)c(O)c1)C(O)C2.Oc1cc(O)c2c(c1)OC(c1ccc(O)c(O)c1)C(O)C2. The summed E-state index contributed by atoms with van der Waals surface area (Å²) in [4.78, 5) is 25.4. The highest BCUT2D eigenvalue weighted by atomic mass is 16.6. The van der Waals surface area contributed by atoms with E-state index < -0.39 is 136 Å². The van der Waals surface area contributed by atoms with E-state index in [2.05, 4.69) is 0 Å². The fourth-order valence-electron chi connectivity index (χ4n) is 12.0. The van der Waals surface area contributed by atoms with Crippen LogP contribution in [0.3, 0.4) is 0 Å². The number of hydrogen-bond donors (Lipinski definition) is 26. The second-order valence-corrected chi connectivity index (χ2v) is 24.8. The van der Waals surface area contributed by atoms with Crippen LogP contribution in [-0.2, 0) is 35.2 Å². The Morgan fingerprint density at radius 1 is 0.259 bits per heavy atom. The maximum absolute atomic E-state index is 12.7. The van der Waals surface area contributed by atoms with Crippen LogP contribution in [0.5, 0.6) is 161 Å². The molecule has 0 saturated carbocycles. The predicted octanol–water partition coefficient (Wildman–Crippen LogP) is 7.56. The molecule has 564 valence electrons. The van der Waals surface area contributed by atoms with E-state index in [1.807, 2.05) is 0 Å². The van der Waals surface area contributed by atoms with E-state index in [4.69, 9.17) is 28.4 Å². The molecule has 4 aliphatic heterocycles. The maximum Gasteiger partial charge on any atom is 0.338 e. The third kappa shape index (κ3) is 15.5. The van der Waals surface area contributed by atoms with E-state index in [9.17, 15) is 142 Å².